The highest BCUT2D eigenvalue weighted by molar-refractivity contribution is 5.97. The van der Waals surface area contributed by atoms with E-state index >= 15 is 0 Å². The number of carbonyl (C=O) groups is 1. The molecule has 1 saturated heterocycles. The monoisotopic (exact) mass is 248 g/mol. The normalized spacial score (nSPS) is 17.6. The summed E-state index contributed by atoms with van der Waals surface area (Å²) in [5.74, 6) is -0.164. The fraction of sp³-hybridized carbons (Fsp3) is 0.538. The van der Waals surface area contributed by atoms with Crippen LogP contribution in [-0.4, -0.2) is 41.5 Å². The van der Waals surface area contributed by atoms with E-state index in [0.29, 0.717) is 11.4 Å². The molecule has 5 heteroatoms. The Balaban J connectivity index is 1.91. The van der Waals surface area contributed by atoms with Gasteiger partial charge in [0.15, 0.2) is 5.69 Å². The summed E-state index contributed by atoms with van der Waals surface area (Å²) in [7, 11) is 0. The molecule has 1 aliphatic heterocycles. The largest absolute Gasteiger partial charge is 0.397 e. The zero-order valence-corrected chi connectivity index (χ0v) is 10.7. The van der Waals surface area contributed by atoms with E-state index in [0.717, 1.165) is 32.5 Å². The van der Waals surface area contributed by atoms with Gasteiger partial charge in [0.05, 0.1) is 5.69 Å². The van der Waals surface area contributed by atoms with Gasteiger partial charge < -0.3 is 16.0 Å². The molecule has 1 aliphatic rings. The Morgan fingerprint density at radius 2 is 2.28 bits per heavy atom. The van der Waals surface area contributed by atoms with Crippen molar-refractivity contribution < 1.29 is 4.79 Å². The second-order valence-corrected chi connectivity index (χ2v) is 4.62. The molecule has 18 heavy (non-hydrogen) atoms. The van der Waals surface area contributed by atoms with E-state index in [1.54, 1.807) is 18.3 Å². The number of nitrogens with one attached hydrogen (secondary N) is 1. The lowest BCUT2D eigenvalue weighted by Gasteiger charge is -2.31. The minimum atomic E-state index is -0.164. The summed E-state index contributed by atoms with van der Waals surface area (Å²) in [6.45, 7) is 5.32. The van der Waals surface area contributed by atoms with E-state index in [4.69, 9.17) is 5.73 Å². The quantitative estimate of drug-likeness (QED) is 0.833. The third kappa shape index (κ3) is 2.98. The second-order valence-electron chi connectivity index (χ2n) is 4.62. The standard InChI is InChI=1S/C13H20N4O/c1-2-17-8-5-10(6-9-17)16-13(18)12-11(14)4-3-7-15-12/h3-4,7,10H,2,5-6,8-9,14H2,1H3,(H,16,18). The molecule has 1 amide bonds. The van der Waals surface area contributed by atoms with Gasteiger partial charge in [-0.2, -0.15) is 0 Å². The lowest BCUT2D eigenvalue weighted by Crippen LogP contribution is -2.44. The van der Waals surface area contributed by atoms with Gasteiger partial charge in [-0.1, -0.05) is 6.92 Å². The van der Waals surface area contributed by atoms with Gasteiger partial charge in [-0.3, -0.25) is 4.79 Å². The van der Waals surface area contributed by atoms with Crippen molar-refractivity contribution in [3.05, 3.63) is 24.0 Å². The van der Waals surface area contributed by atoms with Gasteiger partial charge in [0, 0.05) is 25.3 Å². The molecule has 1 aromatic rings. The van der Waals surface area contributed by atoms with E-state index in [-0.39, 0.29) is 11.9 Å². The van der Waals surface area contributed by atoms with Gasteiger partial charge in [-0.15, -0.1) is 0 Å². The maximum atomic E-state index is 12.0. The average molecular weight is 248 g/mol. The van der Waals surface area contributed by atoms with Crippen molar-refractivity contribution in [2.45, 2.75) is 25.8 Å². The molecule has 2 rings (SSSR count). The molecular weight excluding hydrogens is 228 g/mol. The molecule has 0 aliphatic carbocycles. The van der Waals surface area contributed by atoms with Crippen molar-refractivity contribution in [2.24, 2.45) is 0 Å². The summed E-state index contributed by atoms with van der Waals surface area (Å²) in [4.78, 5) is 18.4. The predicted molar refractivity (Wildman–Crippen MR) is 71.3 cm³/mol. The van der Waals surface area contributed by atoms with Crippen LogP contribution in [0.1, 0.15) is 30.3 Å². The summed E-state index contributed by atoms with van der Waals surface area (Å²) >= 11 is 0. The van der Waals surface area contributed by atoms with Crippen LogP contribution in [0, 0.1) is 0 Å². The molecule has 0 radical (unpaired) electrons. The molecule has 5 nitrogen and oxygen atoms in total. The number of nitrogens with zero attached hydrogens (tertiary/aromatic N) is 2. The van der Waals surface area contributed by atoms with Crippen molar-refractivity contribution in [3.8, 4) is 0 Å². The van der Waals surface area contributed by atoms with Gasteiger partial charge in [0.2, 0.25) is 0 Å². The van der Waals surface area contributed by atoms with Crippen LogP contribution in [-0.2, 0) is 0 Å². The molecule has 0 unspecified atom stereocenters. The maximum Gasteiger partial charge on any atom is 0.272 e. The van der Waals surface area contributed by atoms with Crippen molar-refractivity contribution in [1.29, 1.82) is 0 Å². The predicted octanol–water partition coefficient (Wildman–Crippen LogP) is 0.878. The van der Waals surface area contributed by atoms with Crippen LogP contribution in [0.15, 0.2) is 18.3 Å². The summed E-state index contributed by atoms with van der Waals surface area (Å²) in [6, 6.07) is 3.66. The molecule has 98 valence electrons. The lowest BCUT2D eigenvalue weighted by molar-refractivity contribution is 0.0908. The number of likely N-dealkylation sites (tertiary alicyclic amines) is 1. The first-order valence-electron chi connectivity index (χ1n) is 6.44. The Labute approximate surface area is 107 Å². The summed E-state index contributed by atoms with van der Waals surface area (Å²) in [5.41, 5.74) is 6.50. The Bertz CT molecular complexity index is 413. The molecular formula is C13H20N4O. The zero-order chi connectivity index (χ0) is 13.0. The third-order valence-corrected chi connectivity index (χ3v) is 3.42. The van der Waals surface area contributed by atoms with Gasteiger partial charge in [-0.05, 0) is 31.5 Å². The van der Waals surface area contributed by atoms with Crippen LogP contribution in [0.2, 0.25) is 0 Å². The van der Waals surface area contributed by atoms with Crippen LogP contribution in [0.25, 0.3) is 0 Å². The van der Waals surface area contributed by atoms with Crippen LogP contribution < -0.4 is 11.1 Å². The maximum absolute atomic E-state index is 12.0. The number of anilines is 1. The van der Waals surface area contributed by atoms with Crippen molar-refractivity contribution in [1.82, 2.24) is 15.2 Å². The first-order valence-corrected chi connectivity index (χ1v) is 6.44. The molecule has 0 atom stereocenters. The number of hydrogen-bond donors (Lipinski definition) is 2. The van der Waals surface area contributed by atoms with Gasteiger partial charge >= 0.3 is 0 Å². The molecule has 0 saturated carbocycles. The number of rotatable bonds is 3. The van der Waals surface area contributed by atoms with E-state index < -0.39 is 0 Å². The van der Waals surface area contributed by atoms with E-state index in [2.05, 4.69) is 22.1 Å². The number of nitrogen functional groups attached to an aromatic ring is 1. The number of nitrogens with two attached hydrogens (primary N) is 1. The SMILES string of the molecule is CCN1CCC(NC(=O)c2ncccc2N)CC1. The molecule has 0 bridgehead atoms. The van der Waals surface area contributed by atoms with E-state index in [9.17, 15) is 4.79 Å². The van der Waals surface area contributed by atoms with Crippen molar-refractivity contribution >= 4 is 11.6 Å². The molecule has 0 spiro atoms. The molecule has 1 aromatic heterocycles. The molecule has 2 heterocycles. The Hall–Kier alpha value is -1.62. The Morgan fingerprint density at radius 1 is 1.56 bits per heavy atom. The third-order valence-electron chi connectivity index (χ3n) is 3.42. The minimum Gasteiger partial charge on any atom is -0.397 e. The fourth-order valence-electron chi connectivity index (χ4n) is 2.25. The first-order chi connectivity index (χ1) is 8.70. The number of aromatic nitrogens is 1. The van der Waals surface area contributed by atoms with Gasteiger partial charge in [0.1, 0.15) is 0 Å². The number of hydrogen-bond acceptors (Lipinski definition) is 4. The molecule has 3 N–H and O–H groups in total. The summed E-state index contributed by atoms with van der Waals surface area (Å²) in [6.07, 6.45) is 3.57. The number of piperidine rings is 1. The average Bonchev–Trinajstić information content (AvgIpc) is 2.40. The van der Waals surface area contributed by atoms with Crippen molar-refractivity contribution in [3.63, 3.8) is 0 Å². The van der Waals surface area contributed by atoms with E-state index in [1.807, 2.05) is 0 Å². The lowest BCUT2D eigenvalue weighted by atomic mass is 10.0. The van der Waals surface area contributed by atoms with E-state index in [1.165, 1.54) is 0 Å². The fourth-order valence-corrected chi connectivity index (χ4v) is 2.25. The number of carbonyl (C=O) groups excluding carboxylic acids is 1. The highest BCUT2D eigenvalue weighted by Crippen LogP contribution is 2.12. The van der Waals surface area contributed by atoms with Crippen LogP contribution in [0.3, 0.4) is 0 Å². The highest BCUT2D eigenvalue weighted by Gasteiger charge is 2.21. The van der Waals surface area contributed by atoms with Crippen LogP contribution in [0.4, 0.5) is 5.69 Å². The second kappa shape index (κ2) is 5.82. The smallest absolute Gasteiger partial charge is 0.272 e. The van der Waals surface area contributed by atoms with Crippen LogP contribution in [0.5, 0.6) is 0 Å². The number of amides is 1. The summed E-state index contributed by atoms with van der Waals surface area (Å²) in [5, 5.41) is 3.01. The Kier molecular flexibility index (Phi) is 4.15. The summed E-state index contributed by atoms with van der Waals surface area (Å²) < 4.78 is 0. The Morgan fingerprint density at radius 3 is 2.89 bits per heavy atom. The van der Waals surface area contributed by atoms with Crippen molar-refractivity contribution in [2.75, 3.05) is 25.4 Å². The van der Waals surface area contributed by atoms with Crippen LogP contribution >= 0.6 is 0 Å². The number of pyridine rings is 1. The molecule has 0 aromatic carbocycles. The highest BCUT2D eigenvalue weighted by atomic mass is 16.2. The minimum absolute atomic E-state index is 0.164. The topological polar surface area (TPSA) is 71.2 Å². The molecule has 1 fully saturated rings. The zero-order valence-electron chi connectivity index (χ0n) is 10.7. The van der Waals surface area contributed by atoms with Gasteiger partial charge in [0.25, 0.3) is 5.91 Å². The van der Waals surface area contributed by atoms with Gasteiger partial charge in [-0.25, -0.2) is 4.98 Å². The first kappa shape index (κ1) is 12.8.